The first-order chi connectivity index (χ1) is 8.49. The first-order valence-electron chi connectivity index (χ1n) is 5.67. The number of sulfonamides is 1. The summed E-state index contributed by atoms with van der Waals surface area (Å²) in [4.78, 5) is -0.519. The fourth-order valence-electron chi connectivity index (χ4n) is 1.93. The topological polar surface area (TPSA) is 58.2 Å². The normalized spacial score (nSPS) is 20.9. The van der Waals surface area contributed by atoms with Crippen LogP contribution in [-0.2, 0) is 10.0 Å². The second kappa shape index (κ2) is 5.29. The monoisotopic (exact) mass is 276 g/mol. The Morgan fingerprint density at radius 3 is 2.72 bits per heavy atom. The van der Waals surface area contributed by atoms with E-state index in [-0.39, 0.29) is 6.04 Å². The molecule has 0 spiro atoms. The fraction of sp³-hybridized carbons (Fsp3) is 0.455. The van der Waals surface area contributed by atoms with E-state index < -0.39 is 26.6 Å². The molecule has 2 N–H and O–H groups in total. The van der Waals surface area contributed by atoms with E-state index in [0.717, 1.165) is 25.1 Å². The highest BCUT2D eigenvalue weighted by Crippen LogP contribution is 2.16. The standard InChI is InChI=1S/C11H14F2N2O2S/c12-8-3-4-11(10(13)6-8)18(16,17)15-9-2-1-5-14-7-9/h3-4,6,9,14-15H,1-2,5,7H2/t9-/m1/s1. The van der Waals surface area contributed by atoms with Crippen LogP contribution in [0, 0.1) is 11.6 Å². The molecule has 0 amide bonds. The van der Waals surface area contributed by atoms with Crippen LogP contribution in [0.5, 0.6) is 0 Å². The predicted molar refractivity (Wildman–Crippen MR) is 62.6 cm³/mol. The van der Waals surface area contributed by atoms with Gasteiger partial charge in [0, 0.05) is 18.7 Å². The predicted octanol–water partition coefficient (Wildman–Crippen LogP) is 0.995. The highest BCUT2D eigenvalue weighted by Gasteiger charge is 2.24. The highest BCUT2D eigenvalue weighted by molar-refractivity contribution is 7.89. The van der Waals surface area contributed by atoms with E-state index in [0.29, 0.717) is 19.0 Å². The van der Waals surface area contributed by atoms with Gasteiger partial charge in [0.25, 0.3) is 0 Å². The maximum Gasteiger partial charge on any atom is 0.243 e. The van der Waals surface area contributed by atoms with Crippen molar-refractivity contribution >= 4 is 10.0 Å². The van der Waals surface area contributed by atoms with E-state index in [4.69, 9.17) is 0 Å². The van der Waals surface area contributed by atoms with Crippen molar-refractivity contribution in [3.8, 4) is 0 Å². The van der Waals surface area contributed by atoms with Crippen LogP contribution in [0.15, 0.2) is 23.1 Å². The van der Waals surface area contributed by atoms with Crippen LogP contribution in [0.25, 0.3) is 0 Å². The van der Waals surface area contributed by atoms with Gasteiger partial charge < -0.3 is 5.32 Å². The molecule has 0 radical (unpaired) electrons. The van der Waals surface area contributed by atoms with Crippen LogP contribution in [0.1, 0.15) is 12.8 Å². The second-order valence-electron chi connectivity index (χ2n) is 4.24. The number of benzene rings is 1. The molecule has 1 atom stereocenters. The molecule has 1 heterocycles. The number of hydrogen-bond acceptors (Lipinski definition) is 3. The van der Waals surface area contributed by atoms with Gasteiger partial charge in [0.1, 0.15) is 16.5 Å². The van der Waals surface area contributed by atoms with Crippen LogP contribution >= 0.6 is 0 Å². The molecule has 0 aromatic heterocycles. The zero-order valence-electron chi connectivity index (χ0n) is 9.62. The van der Waals surface area contributed by atoms with Crippen molar-refractivity contribution < 1.29 is 17.2 Å². The van der Waals surface area contributed by atoms with Gasteiger partial charge in [-0.05, 0) is 31.5 Å². The van der Waals surface area contributed by atoms with Gasteiger partial charge in [0.2, 0.25) is 10.0 Å². The van der Waals surface area contributed by atoms with Crippen LogP contribution in [0.4, 0.5) is 8.78 Å². The lowest BCUT2D eigenvalue weighted by Gasteiger charge is -2.23. The van der Waals surface area contributed by atoms with Gasteiger partial charge in [-0.25, -0.2) is 21.9 Å². The molecule has 0 aliphatic carbocycles. The van der Waals surface area contributed by atoms with Gasteiger partial charge in [0.15, 0.2) is 0 Å². The van der Waals surface area contributed by atoms with Crippen molar-refractivity contribution in [2.45, 2.75) is 23.8 Å². The molecule has 1 aromatic carbocycles. The minimum Gasteiger partial charge on any atom is -0.315 e. The molecule has 4 nitrogen and oxygen atoms in total. The number of piperidine rings is 1. The van der Waals surface area contributed by atoms with Crippen molar-refractivity contribution in [1.82, 2.24) is 10.0 Å². The third-order valence-corrected chi connectivity index (χ3v) is 4.36. The minimum atomic E-state index is -3.94. The summed E-state index contributed by atoms with van der Waals surface area (Å²) in [5, 5.41) is 3.05. The van der Waals surface area contributed by atoms with E-state index in [1.54, 1.807) is 0 Å². The molecule has 0 bridgehead atoms. The molecule has 1 aliphatic rings. The van der Waals surface area contributed by atoms with Gasteiger partial charge in [-0.15, -0.1) is 0 Å². The summed E-state index contributed by atoms with van der Waals surface area (Å²) >= 11 is 0. The van der Waals surface area contributed by atoms with Gasteiger partial charge in [-0.2, -0.15) is 0 Å². The number of rotatable bonds is 3. The summed E-state index contributed by atoms with van der Waals surface area (Å²) in [5.41, 5.74) is 0. The molecular formula is C11H14F2N2O2S. The first kappa shape index (κ1) is 13.4. The summed E-state index contributed by atoms with van der Waals surface area (Å²) in [6, 6.07) is 2.17. The molecule has 1 saturated heterocycles. The minimum absolute atomic E-state index is 0.256. The lowest BCUT2D eigenvalue weighted by molar-refractivity contribution is 0.427. The average molecular weight is 276 g/mol. The van der Waals surface area contributed by atoms with Crippen molar-refractivity contribution in [1.29, 1.82) is 0 Å². The molecule has 1 aromatic rings. The Kier molecular flexibility index (Phi) is 3.94. The van der Waals surface area contributed by atoms with E-state index in [1.165, 1.54) is 0 Å². The molecule has 7 heteroatoms. The van der Waals surface area contributed by atoms with Crippen molar-refractivity contribution in [2.75, 3.05) is 13.1 Å². The van der Waals surface area contributed by atoms with Crippen LogP contribution < -0.4 is 10.0 Å². The Balaban J connectivity index is 2.19. The van der Waals surface area contributed by atoms with E-state index >= 15 is 0 Å². The lowest BCUT2D eigenvalue weighted by Crippen LogP contribution is -2.45. The number of halogens is 2. The largest absolute Gasteiger partial charge is 0.315 e. The van der Waals surface area contributed by atoms with Crippen LogP contribution in [0.2, 0.25) is 0 Å². The third-order valence-electron chi connectivity index (χ3n) is 2.80. The number of nitrogens with one attached hydrogen (secondary N) is 2. The summed E-state index contributed by atoms with van der Waals surface area (Å²) in [6.45, 7) is 1.37. The van der Waals surface area contributed by atoms with Gasteiger partial charge in [-0.3, -0.25) is 0 Å². The Morgan fingerprint density at radius 1 is 1.33 bits per heavy atom. The summed E-state index contributed by atoms with van der Waals surface area (Å²) in [7, 11) is -3.94. The summed E-state index contributed by atoms with van der Waals surface area (Å²) in [6.07, 6.45) is 1.56. The molecule has 18 heavy (non-hydrogen) atoms. The molecule has 1 aliphatic heterocycles. The quantitative estimate of drug-likeness (QED) is 0.866. The van der Waals surface area contributed by atoms with Crippen LogP contribution in [-0.4, -0.2) is 27.5 Å². The highest BCUT2D eigenvalue weighted by atomic mass is 32.2. The number of hydrogen-bond donors (Lipinski definition) is 2. The Hall–Kier alpha value is -1.05. The van der Waals surface area contributed by atoms with Gasteiger partial charge in [0.05, 0.1) is 0 Å². The maximum atomic E-state index is 13.4. The Morgan fingerprint density at radius 2 is 2.11 bits per heavy atom. The van der Waals surface area contributed by atoms with Crippen molar-refractivity contribution in [3.05, 3.63) is 29.8 Å². The molecular weight excluding hydrogens is 262 g/mol. The molecule has 0 saturated carbocycles. The fourth-order valence-corrected chi connectivity index (χ4v) is 3.26. The van der Waals surface area contributed by atoms with Crippen molar-refractivity contribution in [2.24, 2.45) is 0 Å². The summed E-state index contributed by atoms with van der Waals surface area (Å²) in [5.74, 6) is -1.88. The first-order valence-corrected chi connectivity index (χ1v) is 7.15. The SMILES string of the molecule is O=S(=O)(N[C@@H]1CCCNC1)c1ccc(F)cc1F. The van der Waals surface area contributed by atoms with E-state index in [2.05, 4.69) is 10.0 Å². The van der Waals surface area contributed by atoms with Gasteiger partial charge in [-0.1, -0.05) is 0 Å². The second-order valence-corrected chi connectivity index (χ2v) is 5.92. The molecule has 2 rings (SSSR count). The third kappa shape index (κ3) is 3.04. The van der Waals surface area contributed by atoms with E-state index in [9.17, 15) is 17.2 Å². The van der Waals surface area contributed by atoms with Crippen LogP contribution in [0.3, 0.4) is 0 Å². The zero-order valence-corrected chi connectivity index (χ0v) is 10.4. The summed E-state index contributed by atoms with van der Waals surface area (Å²) < 4.78 is 52.4. The van der Waals surface area contributed by atoms with Crippen molar-refractivity contribution in [3.63, 3.8) is 0 Å². The molecule has 100 valence electrons. The lowest BCUT2D eigenvalue weighted by atomic mass is 10.1. The smallest absolute Gasteiger partial charge is 0.243 e. The molecule has 0 unspecified atom stereocenters. The Bertz CT molecular complexity index is 528. The Labute approximate surface area is 104 Å². The zero-order chi connectivity index (χ0) is 13.2. The van der Waals surface area contributed by atoms with E-state index in [1.807, 2.05) is 0 Å². The van der Waals surface area contributed by atoms with Gasteiger partial charge >= 0.3 is 0 Å². The maximum absolute atomic E-state index is 13.4. The average Bonchev–Trinajstić information content (AvgIpc) is 2.29. The molecule has 1 fully saturated rings.